The van der Waals surface area contributed by atoms with Crippen LogP contribution in [0.5, 0.6) is 0 Å². The van der Waals surface area contributed by atoms with Gasteiger partial charge >= 0.3 is 0 Å². The molecule has 0 aromatic carbocycles. The molecule has 0 N–H and O–H groups in total. The van der Waals surface area contributed by atoms with Crippen LogP contribution >= 0.6 is 11.5 Å². The third-order valence-corrected chi connectivity index (χ3v) is 5.17. The van der Waals surface area contributed by atoms with Crippen molar-refractivity contribution in [3.63, 3.8) is 0 Å². The van der Waals surface area contributed by atoms with E-state index in [1.54, 1.807) is 27.8 Å². The van der Waals surface area contributed by atoms with Gasteiger partial charge in [-0.05, 0) is 55.0 Å². The van der Waals surface area contributed by atoms with Gasteiger partial charge in [0.2, 0.25) is 0 Å². The number of nitrogens with zero attached hydrogens (tertiary/aromatic N) is 7. The predicted octanol–water partition coefficient (Wildman–Crippen LogP) is 1.19. The van der Waals surface area contributed by atoms with Crippen LogP contribution in [0, 0.1) is 5.92 Å². The lowest BCUT2D eigenvalue weighted by molar-refractivity contribution is 0.163. The van der Waals surface area contributed by atoms with Crippen molar-refractivity contribution in [2.75, 3.05) is 13.1 Å². The van der Waals surface area contributed by atoms with Crippen LogP contribution < -0.4 is 5.56 Å². The topological polar surface area (TPSA) is 81.7 Å². The maximum absolute atomic E-state index is 12.1. The van der Waals surface area contributed by atoms with E-state index in [-0.39, 0.29) is 5.56 Å². The van der Waals surface area contributed by atoms with Crippen molar-refractivity contribution < 1.29 is 0 Å². The van der Waals surface area contributed by atoms with Crippen molar-refractivity contribution in [2.24, 2.45) is 5.92 Å². The molecular weight excluding hydrogens is 338 g/mol. The SMILES string of the molecule is O=c1ccc(-n2cncn2)nn1CC1CCN(Cc2cnsc2)CC1. The van der Waals surface area contributed by atoms with Crippen molar-refractivity contribution in [2.45, 2.75) is 25.9 Å². The average molecular weight is 357 g/mol. The van der Waals surface area contributed by atoms with E-state index in [2.05, 4.69) is 29.8 Å². The number of rotatable bonds is 5. The molecule has 130 valence electrons. The molecule has 0 bridgehead atoms. The van der Waals surface area contributed by atoms with Crippen molar-refractivity contribution in [1.82, 2.24) is 33.8 Å². The first-order chi connectivity index (χ1) is 12.3. The standard InChI is InChI=1S/C16H19N7OS/c24-16-2-1-15(23-12-17-11-18-23)20-22(16)9-13-3-5-21(6-4-13)8-14-7-19-25-10-14/h1-2,7,10-13H,3-6,8-9H2. The molecule has 3 aromatic rings. The first kappa shape index (κ1) is 16.1. The van der Waals surface area contributed by atoms with Crippen molar-refractivity contribution in [3.05, 3.63) is 52.3 Å². The smallest absolute Gasteiger partial charge is 0.266 e. The molecule has 0 atom stereocenters. The molecule has 3 aromatic heterocycles. The van der Waals surface area contributed by atoms with Crippen LogP contribution in [0.1, 0.15) is 18.4 Å². The number of piperidine rings is 1. The van der Waals surface area contributed by atoms with Gasteiger partial charge in [0, 0.05) is 30.7 Å². The van der Waals surface area contributed by atoms with E-state index in [1.165, 1.54) is 23.4 Å². The summed E-state index contributed by atoms with van der Waals surface area (Å²) in [5, 5.41) is 10.6. The van der Waals surface area contributed by atoms with E-state index < -0.39 is 0 Å². The second kappa shape index (κ2) is 7.24. The van der Waals surface area contributed by atoms with E-state index in [0.29, 0.717) is 18.3 Å². The number of hydrogen-bond donors (Lipinski definition) is 0. The zero-order valence-electron chi connectivity index (χ0n) is 13.7. The van der Waals surface area contributed by atoms with Crippen molar-refractivity contribution >= 4 is 11.5 Å². The van der Waals surface area contributed by atoms with Gasteiger partial charge in [0.05, 0.1) is 0 Å². The molecule has 4 heterocycles. The van der Waals surface area contributed by atoms with Crippen molar-refractivity contribution in [1.29, 1.82) is 0 Å². The summed E-state index contributed by atoms with van der Waals surface area (Å²) in [7, 11) is 0. The molecular formula is C16H19N7OS. The highest BCUT2D eigenvalue weighted by Crippen LogP contribution is 2.20. The van der Waals surface area contributed by atoms with Crippen molar-refractivity contribution in [3.8, 4) is 5.82 Å². The minimum atomic E-state index is -0.0735. The highest BCUT2D eigenvalue weighted by atomic mass is 32.1. The Morgan fingerprint density at radius 3 is 2.84 bits per heavy atom. The zero-order chi connectivity index (χ0) is 17.1. The van der Waals surface area contributed by atoms with Crippen LogP contribution in [0.3, 0.4) is 0 Å². The molecule has 0 amide bonds. The molecule has 0 aliphatic carbocycles. The fraction of sp³-hybridized carbons (Fsp3) is 0.438. The van der Waals surface area contributed by atoms with E-state index in [1.807, 2.05) is 6.20 Å². The number of hydrogen-bond acceptors (Lipinski definition) is 7. The Bertz CT molecular complexity index is 851. The average Bonchev–Trinajstić information content (AvgIpc) is 3.32. The van der Waals surface area contributed by atoms with Crippen LogP contribution in [0.2, 0.25) is 0 Å². The van der Waals surface area contributed by atoms with Crippen LogP contribution in [0.25, 0.3) is 5.82 Å². The third kappa shape index (κ3) is 3.83. The Hall–Kier alpha value is -2.39. The summed E-state index contributed by atoms with van der Waals surface area (Å²) >= 11 is 1.50. The molecule has 0 spiro atoms. The molecule has 1 saturated heterocycles. The summed E-state index contributed by atoms with van der Waals surface area (Å²) in [6, 6.07) is 3.22. The summed E-state index contributed by atoms with van der Waals surface area (Å²) in [5.41, 5.74) is 1.21. The Kier molecular flexibility index (Phi) is 4.66. The van der Waals surface area contributed by atoms with Crippen LogP contribution in [-0.4, -0.2) is 46.9 Å². The van der Waals surface area contributed by atoms with Crippen LogP contribution in [-0.2, 0) is 13.1 Å². The summed E-state index contributed by atoms with van der Waals surface area (Å²) in [5.74, 6) is 1.08. The minimum absolute atomic E-state index is 0.0735. The Morgan fingerprint density at radius 1 is 1.24 bits per heavy atom. The molecule has 1 fully saturated rings. The monoisotopic (exact) mass is 357 g/mol. The lowest BCUT2D eigenvalue weighted by Gasteiger charge is -2.31. The summed E-state index contributed by atoms with van der Waals surface area (Å²) in [4.78, 5) is 18.5. The second-order valence-electron chi connectivity index (χ2n) is 6.30. The first-order valence-electron chi connectivity index (χ1n) is 8.32. The second-order valence-corrected chi connectivity index (χ2v) is 6.96. The summed E-state index contributed by atoms with van der Waals surface area (Å²) in [6.45, 7) is 3.69. The lowest BCUT2D eigenvalue weighted by atomic mass is 9.96. The normalized spacial score (nSPS) is 16.3. The zero-order valence-corrected chi connectivity index (χ0v) is 14.5. The Labute approximate surface area is 148 Å². The molecule has 1 aliphatic heterocycles. The lowest BCUT2D eigenvalue weighted by Crippen LogP contribution is -2.36. The number of aromatic nitrogens is 6. The third-order valence-electron chi connectivity index (χ3n) is 4.53. The van der Waals surface area contributed by atoms with Gasteiger partial charge in [0.15, 0.2) is 5.82 Å². The molecule has 0 unspecified atom stereocenters. The number of likely N-dealkylation sites (tertiary alicyclic amines) is 1. The molecule has 9 heteroatoms. The molecule has 0 radical (unpaired) electrons. The van der Waals surface area contributed by atoms with Gasteiger partial charge in [0.25, 0.3) is 5.56 Å². The summed E-state index contributed by atoms with van der Waals surface area (Å²) in [6.07, 6.45) is 7.11. The predicted molar refractivity (Wildman–Crippen MR) is 93.5 cm³/mol. The fourth-order valence-corrected chi connectivity index (χ4v) is 3.68. The summed E-state index contributed by atoms with van der Waals surface area (Å²) < 4.78 is 7.27. The molecule has 4 rings (SSSR count). The fourth-order valence-electron chi connectivity index (χ4n) is 3.15. The van der Waals surface area contributed by atoms with Crippen LogP contribution in [0.15, 0.2) is 41.2 Å². The highest BCUT2D eigenvalue weighted by Gasteiger charge is 2.20. The van der Waals surface area contributed by atoms with E-state index in [0.717, 1.165) is 32.5 Å². The van der Waals surface area contributed by atoms with Gasteiger partial charge in [-0.3, -0.25) is 9.69 Å². The highest BCUT2D eigenvalue weighted by molar-refractivity contribution is 7.03. The maximum atomic E-state index is 12.1. The molecule has 25 heavy (non-hydrogen) atoms. The largest absolute Gasteiger partial charge is 0.299 e. The Balaban J connectivity index is 1.38. The molecule has 8 nitrogen and oxygen atoms in total. The van der Waals surface area contributed by atoms with Gasteiger partial charge in [-0.1, -0.05) is 0 Å². The quantitative estimate of drug-likeness (QED) is 0.682. The minimum Gasteiger partial charge on any atom is -0.299 e. The van der Waals surface area contributed by atoms with Crippen LogP contribution in [0.4, 0.5) is 0 Å². The van der Waals surface area contributed by atoms with Gasteiger partial charge < -0.3 is 0 Å². The molecule has 1 aliphatic rings. The first-order valence-corrected chi connectivity index (χ1v) is 9.15. The van der Waals surface area contributed by atoms with Gasteiger partial charge in [-0.25, -0.2) is 18.7 Å². The molecule has 0 saturated carbocycles. The van der Waals surface area contributed by atoms with E-state index in [4.69, 9.17) is 0 Å². The van der Waals surface area contributed by atoms with E-state index >= 15 is 0 Å². The Morgan fingerprint density at radius 2 is 2.12 bits per heavy atom. The van der Waals surface area contributed by atoms with E-state index in [9.17, 15) is 4.79 Å². The van der Waals surface area contributed by atoms with Gasteiger partial charge in [-0.15, -0.1) is 5.10 Å². The van der Waals surface area contributed by atoms with Gasteiger partial charge in [0.1, 0.15) is 12.7 Å². The maximum Gasteiger partial charge on any atom is 0.266 e. The van der Waals surface area contributed by atoms with Gasteiger partial charge in [-0.2, -0.15) is 5.10 Å².